The average Bonchev–Trinajstić information content (AvgIpc) is 2.42. The molecule has 2 atom stereocenters. The highest BCUT2D eigenvalue weighted by atomic mass is 35.5. The lowest BCUT2D eigenvalue weighted by molar-refractivity contribution is -0.122. The Bertz CT molecular complexity index is 397. The maximum atomic E-state index is 11.7. The van der Waals surface area contributed by atoms with Crippen LogP contribution in [0.3, 0.4) is 0 Å². The summed E-state index contributed by atoms with van der Waals surface area (Å²) in [6.45, 7) is 0.432. The van der Waals surface area contributed by atoms with Crippen LogP contribution >= 0.6 is 12.4 Å². The maximum Gasteiger partial charge on any atom is 0.221 e. The van der Waals surface area contributed by atoms with Crippen LogP contribution in [0.2, 0.25) is 0 Å². The molecule has 112 valence electrons. The van der Waals surface area contributed by atoms with Crippen LogP contribution in [0.5, 0.6) is 0 Å². The predicted molar refractivity (Wildman–Crippen MR) is 85.0 cm³/mol. The highest BCUT2D eigenvalue weighted by Gasteiger charge is 2.26. The highest BCUT2D eigenvalue weighted by molar-refractivity contribution is 5.85. The number of carbonyl (C=O) groups excluding carboxylic acids is 1. The Balaban J connectivity index is 0.00000200. The van der Waals surface area contributed by atoms with Gasteiger partial charge in [-0.1, -0.05) is 43.2 Å². The molecule has 1 aliphatic rings. The van der Waals surface area contributed by atoms with Crippen molar-refractivity contribution in [1.82, 2.24) is 5.32 Å². The molecule has 0 heterocycles. The molecule has 0 radical (unpaired) electrons. The molecule has 20 heavy (non-hydrogen) atoms. The summed E-state index contributed by atoms with van der Waals surface area (Å²) >= 11 is 0. The number of amides is 1. The minimum Gasteiger partial charge on any atom is -0.353 e. The second kappa shape index (κ2) is 8.98. The zero-order valence-corrected chi connectivity index (χ0v) is 12.7. The fraction of sp³-hybridized carbons (Fsp3) is 0.562. The molecule has 4 heteroatoms. The fourth-order valence-corrected chi connectivity index (χ4v) is 2.97. The first-order chi connectivity index (χ1) is 9.29. The van der Waals surface area contributed by atoms with Gasteiger partial charge in [0.15, 0.2) is 0 Å². The molecular formula is C16H25ClN2O. The summed E-state index contributed by atoms with van der Waals surface area (Å²) in [5.41, 5.74) is 6.80. The Morgan fingerprint density at radius 2 is 1.90 bits per heavy atom. The van der Waals surface area contributed by atoms with Crippen LogP contribution in [0.1, 0.15) is 37.7 Å². The van der Waals surface area contributed by atoms with E-state index in [-0.39, 0.29) is 18.3 Å². The smallest absolute Gasteiger partial charge is 0.221 e. The average molecular weight is 297 g/mol. The van der Waals surface area contributed by atoms with Crippen LogP contribution in [-0.2, 0) is 11.2 Å². The number of nitrogens with two attached hydrogens (primary N) is 1. The molecule has 1 aromatic carbocycles. The summed E-state index contributed by atoms with van der Waals surface area (Å²) in [7, 11) is 0. The molecule has 1 aromatic rings. The van der Waals surface area contributed by atoms with Gasteiger partial charge in [0.1, 0.15) is 0 Å². The summed E-state index contributed by atoms with van der Waals surface area (Å²) in [6, 6.07) is 10.9. The lowest BCUT2D eigenvalue weighted by Gasteiger charge is -2.32. The number of hydrogen-bond acceptors (Lipinski definition) is 2. The molecule has 2 unspecified atom stereocenters. The van der Waals surface area contributed by atoms with E-state index in [0.717, 1.165) is 12.8 Å². The fourth-order valence-electron chi connectivity index (χ4n) is 2.97. The van der Waals surface area contributed by atoms with Gasteiger partial charge in [0.2, 0.25) is 5.91 Å². The van der Waals surface area contributed by atoms with Crippen molar-refractivity contribution < 1.29 is 4.79 Å². The predicted octanol–water partition coefficient (Wildman–Crippen LogP) is 2.67. The van der Waals surface area contributed by atoms with E-state index < -0.39 is 0 Å². The van der Waals surface area contributed by atoms with E-state index in [0.29, 0.717) is 24.9 Å². The summed E-state index contributed by atoms with van der Waals surface area (Å²) in [6.07, 6.45) is 6.32. The second-order valence-corrected chi connectivity index (χ2v) is 5.45. The van der Waals surface area contributed by atoms with Crippen molar-refractivity contribution >= 4 is 18.3 Å². The SMILES string of the molecule is Cl.NCCC(=O)NC1CCCCC1Cc1ccccc1. The zero-order valence-electron chi connectivity index (χ0n) is 11.9. The van der Waals surface area contributed by atoms with Gasteiger partial charge in [-0.3, -0.25) is 4.79 Å². The number of carbonyl (C=O) groups is 1. The number of nitrogens with one attached hydrogen (secondary N) is 1. The summed E-state index contributed by atoms with van der Waals surface area (Å²) in [4.78, 5) is 11.7. The number of benzene rings is 1. The van der Waals surface area contributed by atoms with Crippen LogP contribution in [-0.4, -0.2) is 18.5 Å². The van der Waals surface area contributed by atoms with Crippen molar-refractivity contribution in [3.05, 3.63) is 35.9 Å². The monoisotopic (exact) mass is 296 g/mol. The van der Waals surface area contributed by atoms with Gasteiger partial charge >= 0.3 is 0 Å². The van der Waals surface area contributed by atoms with Gasteiger partial charge in [-0.05, 0) is 30.7 Å². The molecule has 1 saturated carbocycles. The van der Waals surface area contributed by atoms with Crippen molar-refractivity contribution in [2.75, 3.05) is 6.54 Å². The van der Waals surface area contributed by atoms with E-state index in [1.165, 1.54) is 24.8 Å². The maximum absolute atomic E-state index is 11.7. The molecule has 0 aliphatic heterocycles. The Hall–Kier alpha value is -1.06. The molecule has 1 fully saturated rings. The third-order valence-corrected chi connectivity index (χ3v) is 3.97. The second-order valence-electron chi connectivity index (χ2n) is 5.45. The van der Waals surface area contributed by atoms with Gasteiger partial charge in [0, 0.05) is 19.0 Å². The molecule has 0 spiro atoms. The van der Waals surface area contributed by atoms with Crippen LogP contribution < -0.4 is 11.1 Å². The van der Waals surface area contributed by atoms with Gasteiger partial charge in [-0.15, -0.1) is 12.4 Å². The Morgan fingerprint density at radius 1 is 1.20 bits per heavy atom. The standard InChI is InChI=1S/C16H24N2O.ClH/c17-11-10-16(19)18-15-9-5-4-8-14(15)12-13-6-2-1-3-7-13;/h1-3,6-7,14-15H,4-5,8-12,17H2,(H,18,19);1H. The summed E-state index contributed by atoms with van der Waals surface area (Å²) < 4.78 is 0. The van der Waals surface area contributed by atoms with E-state index >= 15 is 0 Å². The molecular weight excluding hydrogens is 272 g/mol. The van der Waals surface area contributed by atoms with Gasteiger partial charge in [0.25, 0.3) is 0 Å². The van der Waals surface area contributed by atoms with Gasteiger partial charge < -0.3 is 11.1 Å². The Kier molecular flexibility index (Phi) is 7.63. The van der Waals surface area contributed by atoms with Crippen molar-refractivity contribution in [1.29, 1.82) is 0 Å². The van der Waals surface area contributed by atoms with Crippen LogP contribution in [0.4, 0.5) is 0 Å². The number of halogens is 1. The normalized spacial score (nSPS) is 21.9. The molecule has 0 saturated heterocycles. The molecule has 2 rings (SSSR count). The van der Waals surface area contributed by atoms with E-state index in [1.54, 1.807) is 0 Å². The molecule has 0 bridgehead atoms. The highest BCUT2D eigenvalue weighted by Crippen LogP contribution is 2.27. The van der Waals surface area contributed by atoms with Gasteiger partial charge in [0.05, 0.1) is 0 Å². The van der Waals surface area contributed by atoms with E-state index in [9.17, 15) is 4.79 Å². The molecule has 0 aromatic heterocycles. The number of rotatable bonds is 5. The quantitative estimate of drug-likeness (QED) is 0.878. The summed E-state index contributed by atoms with van der Waals surface area (Å²) in [5, 5.41) is 3.17. The van der Waals surface area contributed by atoms with E-state index in [4.69, 9.17) is 5.73 Å². The first-order valence-corrected chi connectivity index (χ1v) is 7.33. The summed E-state index contributed by atoms with van der Waals surface area (Å²) in [5.74, 6) is 0.672. The molecule has 1 aliphatic carbocycles. The molecule has 3 N–H and O–H groups in total. The largest absolute Gasteiger partial charge is 0.353 e. The van der Waals surface area contributed by atoms with Crippen molar-refractivity contribution in [2.24, 2.45) is 11.7 Å². The van der Waals surface area contributed by atoms with Crippen molar-refractivity contribution in [3.63, 3.8) is 0 Å². The van der Waals surface area contributed by atoms with Crippen LogP contribution in [0.25, 0.3) is 0 Å². The van der Waals surface area contributed by atoms with Crippen LogP contribution in [0.15, 0.2) is 30.3 Å². The first-order valence-electron chi connectivity index (χ1n) is 7.33. The Labute approximate surface area is 127 Å². The van der Waals surface area contributed by atoms with Crippen LogP contribution in [0, 0.1) is 5.92 Å². The number of hydrogen-bond donors (Lipinski definition) is 2. The lowest BCUT2D eigenvalue weighted by atomic mass is 9.80. The zero-order chi connectivity index (χ0) is 13.5. The minimum atomic E-state index is 0. The van der Waals surface area contributed by atoms with Gasteiger partial charge in [-0.25, -0.2) is 0 Å². The topological polar surface area (TPSA) is 55.1 Å². The van der Waals surface area contributed by atoms with Gasteiger partial charge in [-0.2, -0.15) is 0 Å². The van der Waals surface area contributed by atoms with E-state index in [1.807, 2.05) is 6.07 Å². The minimum absolute atomic E-state index is 0. The molecule has 3 nitrogen and oxygen atoms in total. The van der Waals surface area contributed by atoms with E-state index in [2.05, 4.69) is 29.6 Å². The molecule has 1 amide bonds. The van der Waals surface area contributed by atoms with Crippen molar-refractivity contribution in [3.8, 4) is 0 Å². The third-order valence-electron chi connectivity index (χ3n) is 3.97. The first kappa shape index (κ1) is 17.0. The van der Waals surface area contributed by atoms with Crippen molar-refractivity contribution in [2.45, 2.75) is 44.6 Å². The third kappa shape index (κ3) is 5.14. The lowest BCUT2D eigenvalue weighted by Crippen LogP contribution is -2.43. The Morgan fingerprint density at radius 3 is 2.60 bits per heavy atom.